The van der Waals surface area contributed by atoms with Crippen LogP contribution in [-0.4, -0.2) is 29.6 Å². The second-order valence-electron chi connectivity index (χ2n) is 4.33. The lowest BCUT2D eigenvalue weighted by atomic mass is 10.1. The van der Waals surface area contributed by atoms with E-state index in [-0.39, 0.29) is 0 Å². The van der Waals surface area contributed by atoms with Gasteiger partial charge >= 0.3 is 8.80 Å². The van der Waals surface area contributed by atoms with Crippen LogP contribution in [0.1, 0.15) is 19.8 Å². The van der Waals surface area contributed by atoms with Crippen molar-refractivity contribution >= 4 is 8.80 Å². The summed E-state index contributed by atoms with van der Waals surface area (Å²) in [5, 5.41) is 0. The zero-order valence-electron chi connectivity index (χ0n) is 9.73. The molecular formula is C11H20O3Si. The lowest BCUT2D eigenvalue weighted by molar-refractivity contribution is 0.0885. The molecule has 0 amide bonds. The summed E-state index contributed by atoms with van der Waals surface area (Å²) >= 11 is 0. The van der Waals surface area contributed by atoms with E-state index < -0.39 is 8.80 Å². The summed E-state index contributed by atoms with van der Waals surface area (Å²) in [4.78, 5) is 0. The number of allylic oxidation sites excluding steroid dienone is 2. The minimum absolute atomic E-state index is 0.474. The molecule has 0 aromatic carbocycles. The van der Waals surface area contributed by atoms with Gasteiger partial charge in [0.15, 0.2) is 0 Å². The van der Waals surface area contributed by atoms with Crippen LogP contribution >= 0.6 is 0 Å². The van der Waals surface area contributed by atoms with Gasteiger partial charge in [-0.25, -0.2) is 0 Å². The molecule has 3 unspecified atom stereocenters. The Hall–Kier alpha value is -0.163. The molecule has 86 valence electrons. The Morgan fingerprint density at radius 1 is 1.20 bits per heavy atom. The van der Waals surface area contributed by atoms with Crippen molar-refractivity contribution in [3.63, 3.8) is 0 Å². The lowest BCUT2D eigenvalue weighted by Crippen LogP contribution is -2.49. The maximum atomic E-state index is 5.83. The van der Waals surface area contributed by atoms with E-state index in [1.807, 2.05) is 6.92 Å². The van der Waals surface area contributed by atoms with Gasteiger partial charge in [0.05, 0.1) is 0 Å². The van der Waals surface area contributed by atoms with Crippen LogP contribution in [0, 0.1) is 11.8 Å². The molecule has 2 aliphatic carbocycles. The smallest absolute Gasteiger partial charge is 0.377 e. The summed E-state index contributed by atoms with van der Waals surface area (Å²) in [7, 11) is 1.03. The van der Waals surface area contributed by atoms with Gasteiger partial charge in [0.1, 0.15) is 0 Å². The molecule has 2 bridgehead atoms. The van der Waals surface area contributed by atoms with Gasteiger partial charge in [0.25, 0.3) is 0 Å². The summed E-state index contributed by atoms with van der Waals surface area (Å²) in [6.45, 7) is 2.67. The summed E-state index contributed by atoms with van der Waals surface area (Å²) in [5.74, 6) is 1.35. The summed E-state index contributed by atoms with van der Waals surface area (Å²) in [5.41, 5.74) is 0.474. The highest BCUT2D eigenvalue weighted by Gasteiger charge is 2.55. The van der Waals surface area contributed by atoms with Crippen LogP contribution in [0.15, 0.2) is 12.2 Å². The van der Waals surface area contributed by atoms with Gasteiger partial charge < -0.3 is 13.3 Å². The molecule has 0 aromatic heterocycles. The molecule has 0 saturated heterocycles. The van der Waals surface area contributed by atoms with Crippen molar-refractivity contribution in [2.24, 2.45) is 11.8 Å². The molecule has 3 atom stereocenters. The molecule has 1 fully saturated rings. The standard InChI is InChI=1S/C11H20O3Si/c1-4-14-15(12-2,13-3)11-8-9-5-6-10(11)7-9/h5-6,9-11H,4,7-8H2,1-3H3. The summed E-state index contributed by atoms with van der Waals surface area (Å²) in [6.07, 6.45) is 7.09. The first-order valence-electron chi connectivity index (χ1n) is 5.68. The fourth-order valence-electron chi connectivity index (χ4n) is 3.00. The molecule has 4 heteroatoms. The Bertz CT molecular complexity index is 250. The van der Waals surface area contributed by atoms with E-state index in [0.717, 1.165) is 5.92 Å². The molecule has 2 aliphatic rings. The number of hydrogen-bond acceptors (Lipinski definition) is 3. The van der Waals surface area contributed by atoms with E-state index in [1.54, 1.807) is 14.2 Å². The third-order valence-corrected chi connectivity index (χ3v) is 7.05. The highest BCUT2D eigenvalue weighted by molar-refractivity contribution is 6.62. The highest BCUT2D eigenvalue weighted by atomic mass is 28.4. The maximum absolute atomic E-state index is 5.83. The maximum Gasteiger partial charge on any atom is 0.504 e. The average Bonchev–Trinajstić information content (AvgIpc) is 2.88. The largest absolute Gasteiger partial charge is 0.504 e. The molecule has 0 N–H and O–H groups in total. The van der Waals surface area contributed by atoms with E-state index in [4.69, 9.17) is 13.3 Å². The molecule has 0 radical (unpaired) electrons. The normalized spacial score (nSPS) is 33.9. The van der Waals surface area contributed by atoms with Crippen LogP contribution in [0.4, 0.5) is 0 Å². The van der Waals surface area contributed by atoms with Crippen molar-refractivity contribution in [2.45, 2.75) is 25.3 Å². The summed E-state index contributed by atoms with van der Waals surface area (Å²) < 4.78 is 17.1. The molecule has 0 aromatic rings. The summed E-state index contributed by atoms with van der Waals surface area (Å²) in [6, 6.07) is 0. The van der Waals surface area contributed by atoms with Gasteiger partial charge in [0, 0.05) is 26.4 Å². The van der Waals surface area contributed by atoms with E-state index in [1.165, 1.54) is 12.8 Å². The first kappa shape index (κ1) is 11.3. The number of fused-ring (bicyclic) bond motifs is 2. The number of rotatable bonds is 5. The van der Waals surface area contributed by atoms with Crippen molar-refractivity contribution < 1.29 is 13.3 Å². The van der Waals surface area contributed by atoms with Crippen molar-refractivity contribution in [1.82, 2.24) is 0 Å². The third kappa shape index (κ3) is 1.80. The first-order chi connectivity index (χ1) is 7.25. The third-order valence-electron chi connectivity index (χ3n) is 3.65. The predicted octanol–water partition coefficient (Wildman–Crippen LogP) is 2.22. The van der Waals surface area contributed by atoms with Gasteiger partial charge in [-0.2, -0.15) is 0 Å². The SMILES string of the molecule is CCO[Si](OC)(OC)C1CC2C=CC1C2. The van der Waals surface area contributed by atoms with E-state index in [0.29, 0.717) is 18.1 Å². The van der Waals surface area contributed by atoms with Crippen molar-refractivity contribution in [1.29, 1.82) is 0 Å². The quantitative estimate of drug-likeness (QED) is 0.533. The number of hydrogen-bond donors (Lipinski definition) is 0. The van der Waals surface area contributed by atoms with Crippen LogP contribution in [0.2, 0.25) is 5.54 Å². The van der Waals surface area contributed by atoms with Gasteiger partial charge in [0.2, 0.25) is 0 Å². The fourth-order valence-corrected chi connectivity index (χ4v) is 5.99. The van der Waals surface area contributed by atoms with Crippen molar-refractivity contribution in [3.8, 4) is 0 Å². The zero-order valence-corrected chi connectivity index (χ0v) is 10.7. The molecule has 0 spiro atoms. The first-order valence-corrected chi connectivity index (χ1v) is 7.48. The second kappa shape index (κ2) is 4.37. The molecule has 15 heavy (non-hydrogen) atoms. The highest BCUT2D eigenvalue weighted by Crippen LogP contribution is 2.52. The Morgan fingerprint density at radius 3 is 2.33 bits per heavy atom. The van der Waals surface area contributed by atoms with Crippen molar-refractivity contribution in [3.05, 3.63) is 12.2 Å². The van der Waals surface area contributed by atoms with Crippen LogP contribution < -0.4 is 0 Å². The average molecular weight is 228 g/mol. The van der Waals surface area contributed by atoms with Gasteiger partial charge in [-0.05, 0) is 31.6 Å². The van der Waals surface area contributed by atoms with E-state index >= 15 is 0 Å². The lowest BCUT2D eigenvalue weighted by Gasteiger charge is -2.34. The zero-order chi connectivity index (χ0) is 10.9. The second-order valence-corrected chi connectivity index (χ2v) is 7.39. The molecule has 3 nitrogen and oxygen atoms in total. The molecule has 0 aliphatic heterocycles. The molecule has 1 saturated carbocycles. The van der Waals surface area contributed by atoms with Crippen LogP contribution in [0.25, 0.3) is 0 Å². The Morgan fingerprint density at radius 2 is 1.93 bits per heavy atom. The monoisotopic (exact) mass is 228 g/mol. The van der Waals surface area contributed by atoms with Crippen molar-refractivity contribution in [2.75, 3.05) is 20.8 Å². The van der Waals surface area contributed by atoms with Gasteiger partial charge in [-0.15, -0.1) is 0 Å². The van der Waals surface area contributed by atoms with E-state index in [9.17, 15) is 0 Å². The van der Waals surface area contributed by atoms with Gasteiger partial charge in [-0.1, -0.05) is 12.2 Å². The van der Waals surface area contributed by atoms with Crippen LogP contribution in [0.5, 0.6) is 0 Å². The molecule has 0 heterocycles. The topological polar surface area (TPSA) is 27.7 Å². The minimum atomic E-state index is -2.42. The molecular weight excluding hydrogens is 208 g/mol. The molecule has 2 rings (SSSR count). The predicted molar refractivity (Wildman–Crippen MR) is 60.5 cm³/mol. The van der Waals surface area contributed by atoms with Crippen LogP contribution in [-0.2, 0) is 13.3 Å². The Balaban J connectivity index is 2.14. The van der Waals surface area contributed by atoms with Gasteiger partial charge in [-0.3, -0.25) is 0 Å². The van der Waals surface area contributed by atoms with E-state index in [2.05, 4.69) is 12.2 Å². The van der Waals surface area contributed by atoms with Crippen LogP contribution in [0.3, 0.4) is 0 Å². The fraction of sp³-hybridized carbons (Fsp3) is 0.818. The Kier molecular flexibility index (Phi) is 3.30. The Labute approximate surface area is 92.8 Å². The minimum Gasteiger partial charge on any atom is -0.377 e.